The van der Waals surface area contributed by atoms with Crippen molar-refractivity contribution in [3.05, 3.63) is 54.0 Å². The van der Waals surface area contributed by atoms with Gasteiger partial charge in [-0.1, -0.05) is 37.3 Å². The number of nitrogens with zero attached hydrogens (tertiary/aromatic N) is 3. The highest BCUT2D eigenvalue weighted by molar-refractivity contribution is 5.90. The third-order valence-electron chi connectivity index (χ3n) is 3.83. The molecule has 0 saturated carbocycles. The number of aromatic nitrogens is 4. The smallest absolute Gasteiger partial charge is 0.267 e. The number of hydroxylamine groups is 1. The summed E-state index contributed by atoms with van der Waals surface area (Å²) in [7, 11) is 0. The minimum Gasteiger partial charge on any atom is -0.357 e. The Morgan fingerprint density at radius 1 is 1.38 bits per heavy atom. The van der Waals surface area contributed by atoms with E-state index < -0.39 is 5.91 Å². The van der Waals surface area contributed by atoms with Gasteiger partial charge in [-0.15, -0.1) is 5.10 Å². The summed E-state index contributed by atoms with van der Waals surface area (Å²) >= 11 is 0. The van der Waals surface area contributed by atoms with Crippen LogP contribution in [-0.2, 0) is 4.79 Å². The van der Waals surface area contributed by atoms with Gasteiger partial charge in [0.25, 0.3) is 5.91 Å². The molecule has 0 aliphatic rings. The van der Waals surface area contributed by atoms with Crippen molar-refractivity contribution < 1.29 is 10.0 Å². The molecule has 3 N–H and O–H groups in total. The van der Waals surface area contributed by atoms with Gasteiger partial charge in [0.15, 0.2) is 0 Å². The summed E-state index contributed by atoms with van der Waals surface area (Å²) in [4.78, 5) is 14.5. The summed E-state index contributed by atoms with van der Waals surface area (Å²) in [5, 5.41) is 17.9. The predicted molar refractivity (Wildman–Crippen MR) is 90.3 cm³/mol. The zero-order valence-corrected chi connectivity index (χ0v) is 13.5. The minimum absolute atomic E-state index is 0.00119. The maximum Gasteiger partial charge on any atom is 0.267 e. The van der Waals surface area contributed by atoms with Crippen LogP contribution in [0.3, 0.4) is 0 Å². The van der Waals surface area contributed by atoms with Crippen LogP contribution < -0.4 is 5.48 Å². The fourth-order valence-corrected chi connectivity index (χ4v) is 2.76. The van der Waals surface area contributed by atoms with Crippen LogP contribution in [0.2, 0.25) is 0 Å². The molecule has 1 amide bonds. The fraction of sp³-hybridized carbons (Fsp3) is 0.235. The first-order chi connectivity index (χ1) is 11.6. The zero-order valence-electron chi connectivity index (χ0n) is 13.5. The summed E-state index contributed by atoms with van der Waals surface area (Å²) in [5.74, 6) is -0.321. The lowest BCUT2D eigenvalue weighted by atomic mass is 10.0. The molecule has 0 fully saturated rings. The van der Waals surface area contributed by atoms with Crippen LogP contribution in [0.25, 0.3) is 17.0 Å². The lowest BCUT2D eigenvalue weighted by Crippen LogP contribution is -2.17. The lowest BCUT2D eigenvalue weighted by molar-refractivity contribution is -0.124. The van der Waals surface area contributed by atoms with E-state index >= 15 is 0 Å². The van der Waals surface area contributed by atoms with Gasteiger partial charge in [-0.2, -0.15) is 0 Å². The molecule has 0 aliphatic heterocycles. The second-order valence-electron chi connectivity index (χ2n) is 5.93. The maximum atomic E-state index is 11.0. The van der Waals surface area contributed by atoms with Gasteiger partial charge in [-0.25, -0.2) is 10.2 Å². The number of aromatic amines is 1. The van der Waals surface area contributed by atoms with Gasteiger partial charge in [0.2, 0.25) is 0 Å². The molecular weight excluding hydrogens is 306 g/mol. The van der Waals surface area contributed by atoms with Gasteiger partial charge in [0, 0.05) is 17.3 Å². The lowest BCUT2D eigenvalue weighted by Gasteiger charge is -2.19. The van der Waals surface area contributed by atoms with Crippen molar-refractivity contribution in [1.29, 1.82) is 0 Å². The van der Waals surface area contributed by atoms with Crippen molar-refractivity contribution in [2.75, 3.05) is 0 Å². The molecule has 3 rings (SSSR count). The summed E-state index contributed by atoms with van der Waals surface area (Å²) in [6.45, 7) is 4.24. The number of hydrogen-bond donors (Lipinski definition) is 3. The number of H-pyrrole nitrogens is 1. The highest BCUT2D eigenvalue weighted by atomic mass is 16.5. The second kappa shape index (κ2) is 6.67. The molecule has 0 spiro atoms. The number of nitrogens with one attached hydrogen (secondary N) is 2. The molecule has 1 atom stereocenters. The van der Waals surface area contributed by atoms with Crippen LogP contribution in [0.1, 0.15) is 31.3 Å². The molecule has 0 bridgehead atoms. The number of carbonyl (C=O) groups is 1. The van der Waals surface area contributed by atoms with E-state index in [1.165, 1.54) is 17.6 Å². The number of rotatable bonds is 5. The van der Waals surface area contributed by atoms with Gasteiger partial charge in [0.05, 0.1) is 12.2 Å². The van der Waals surface area contributed by atoms with E-state index in [4.69, 9.17) is 5.21 Å². The summed E-state index contributed by atoms with van der Waals surface area (Å²) in [6, 6.07) is 10.2. The Morgan fingerprint density at radius 3 is 2.88 bits per heavy atom. The van der Waals surface area contributed by atoms with E-state index in [9.17, 15) is 4.79 Å². The van der Waals surface area contributed by atoms with Crippen LogP contribution in [0, 0.1) is 5.92 Å². The van der Waals surface area contributed by atoms with Crippen LogP contribution in [0.5, 0.6) is 0 Å². The predicted octanol–water partition coefficient (Wildman–Crippen LogP) is 2.52. The van der Waals surface area contributed by atoms with Crippen molar-refractivity contribution in [2.45, 2.75) is 19.9 Å². The molecule has 2 heterocycles. The summed E-state index contributed by atoms with van der Waals surface area (Å²) in [5.41, 5.74) is 4.22. The Bertz CT molecular complexity index is 845. The van der Waals surface area contributed by atoms with E-state index in [1.807, 2.05) is 18.2 Å². The van der Waals surface area contributed by atoms with Crippen LogP contribution in [-0.4, -0.2) is 31.1 Å². The van der Waals surface area contributed by atoms with E-state index in [2.05, 4.69) is 41.3 Å². The molecule has 0 aliphatic carbocycles. The average Bonchev–Trinajstić information content (AvgIpc) is 3.19. The quantitative estimate of drug-likeness (QED) is 0.381. The van der Waals surface area contributed by atoms with Crippen LogP contribution >= 0.6 is 0 Å². The topological polar surface area (TPSA) is 95.8 Å². The molecule has 2 aromatic heterocycles. The summed E-state index contributed by atoms with van der Waals surface area (Å²) < 4.78 is 1.78. The third kappa shape index (κ3) is 3.21. The van der Waals surface area contributed by atoms with E-state index in [0.29, 0.717) is 5.69 Å². The average molecular weight is 325 g/mol. The first-order valence-electron chi connectivity index (χ1n) is 7.70. The Kier molecular flexibility index (Phi) is 4.43. The monoisotopic (exact) mass is 325 g/mol. The zero-order chi connectivity index (χ0) is 17.1. The number of benzene rings is 1. The van der Waals surface area contributed by atoms with Crippen molar-refractivity contribution in [1.82, 2.24) is 25.5 Å². The Balaban J connectivity index is 1.93. The normalized spacial score (nSPS) is 13.0. The molecule has 1 aromatic carbocycles. The van der Waals surface area contributed by atoms with Gasteiger partial charge in [-0.3, -0.25) is 10.0 Å². The summed E-state index contributed by atoms with van der Waals surface area (Å²) in [6.07, 6.45) is 4.47. The van der Waals surface area contributed by atoms with E-state index in [-0.39, 0.29) is 12.0 Å². The third-order valence-corrected chi connectivity index (χ3v) is 3.83. The SMILES string of the molecule is CC(C)C(c1cc2ccccc2[nH]1)n1cc(/C=C/C(=O)NO)nn1. The molecule has 0 saturated heterocycles. The second-order valence-corrected chi connectivity index (χ2v) is 5.93. The molecule has 1 unspecified atom stereocenters. The Labute approximate surface area is 138 Å². The highest BCUT2D eigenvalue weighted by Crippen LogP contribution is 2.28. The largest absolute Gasteiger partial charge is 0.357 e. The number of hydrogen-bond acceptors (Lipinski definition) is 4. The Morgan fingerprint density at radius 2 is 2.17 bits per heavy atom. The van der Waals surface area contributed by atoms with Crippen molar-refractivity contribution in [2.24, 2.45) is 5.92 Å². The van der Waals surface area contributed by atoms with Gasteiger partial charge < -0.3 is 4.98 Å². The standard InChI is InChI=1S/C17H19N5O2/c1-11(2)17(15-9-12-5-3-4-6-14(12)18-15)22-10-13(19-21-22)7-8-16(23)20-24/h3-11,17-18,24H,1-2H3,(H,20,23)/b8-7+. The van der Waals surface area contributed by atoms with E-state index in [1.54, 1.807) is 10.9 Å². The molecule has 24 heavy (non-hydrogen) atoms. The van der Waals surface area contributed by atoms with Gasteiger partial charge in [-0.05, 0) is 29.5 Å². The van der Waals surface area contributed by atoms with Crippen molar-refractivity contribution >= 4 is 22.9 Å². The Hall–Kier alpha value is -2.93. The molecule has 0 radical (unpaired) electrons. The number of para-hydroxylation sites is 1. The molecule has 3 aromatic rings. The first-order valence-corrected chi connectivity index (χ1v) is 7.70. The van der Waals surface area contributed by atoms with Crippen LogP contribution in [0.15, 0.2) is 42.6 Å². The maximum absolute atomic E-state index is 11.0. The van der Waals surface area contributed by atoms with Gasteiger partial charge >= 0.3 is 0 Å². The highest BCUT2D eigenvalue weighted by Gasteiger charge is 2.21. The molecule has 124 valence electrons. The molecule has 7 heteroatoms. The fourth-order valence-electron chi connectivity index (χ4n) is 2.76. The number of fused-ring (bicyclic) bond motifs is 1. The molecular formula is C17H19N5O2. The number of carbonyl (C=O) groups excluding carboxylic acids is 1. The number of amides is 1. The van der Waals surface area contributed by atoms with E-state index in [0.717, 1.165) is 16.6 Å². The van der Waals surface area contributed by atoms with Crippen LogP contribution in [0.4, 0.5) is 0 Å². The van der Waals surface area contributed by atoms with Crippen molar-refractivity contribution in [3.63, 3.8) is 0 Å². The minimum atomic E-state index is -0.611. The van der Waals surface area contributed by atoms with Gasteiger partial charge in [0.1, 0.15) is 5.69 Å². The molecule has 7 nitrogen and oxygen atoms in total. The van der Waals surface area contributed by atoms with Crippen molar-refractivity contribution in [3.8, 4) is 0 Å². The first kappa shape index (κ1) is 15.9.